The number of likely N-dealkylation sites (tertiary alicyclic amines) is 1. The lowest BCUT2D eigenvalue weighted by atomic mass is 9.92. The summed E-state index contributed by atoms with van der Waals surface area (Å²) in [6, 6.07) is 6.13. The average Bonchev–Trinajstić information content (AvgIpc) is 2.91. The zero-order chi connectivity index (χ0) is 14.8. The van der Waals surface area contributed by atoms with Gasteiger partial charge in [0.05, 0.1) is 6.61 Å². The molecule has 3 heteroatoms. The Morgan fingerprint density at radius 2 is 2.05 bits per heavy atom. The van der Waals surface area contributed by atoms with Crippen LogP contribution in [0.5, 0.6) is 5.75 Å². The summed E-state index contributed by atoms with van der Waals surface area (Å²) in [7, 11) is 0. The predicted molar refractivity (Wildman–Crippen MR) is 84.2 cm³/mol. The van der Waals surface area contributed by atoms with Gasteiger partial charge in [0.25, 0.3) is 0 Å². The molecule has 3 nitrogen and oxygen atoms in total. The van der Waals surface area contributed by atoms with E-state index in [0.717, 1.165) is 37.4 Å². The van der Waals surface area contributed by atoms with Crippen molar-refractivity contribution in [3.05, 3.63) is 35.4 Å². The third-order valence-corrected chi connectivity index (χ3v) is 4.31. The van der Waals surface area contributed by atoms with E-state index in [9.17, 15) is 4.79 Å². The molecule has 3 rings (SSSR count). The summed E-state index contributed by atoms with van der Waals surface area (Å²) >= 11 is 0. The lowest BCUT2D eigenvalue weighted by Gasteiger charge is -2.34. The third-order valence-electron chi connectivity index (χ3n) is 4.31. The molecule has 1 saturated heterocycles. The van der Waals surface area contributed by atoms with Crippen LogP contribution in [0.4, 0.5) is 0 Å². The van der Waals surface area contributed by atoms with E-state index in [-0.39, 0.29) is 5.91 Å². The van der Waals surface area contributed by atoms with Gasteiger partial charge in [-0.2, -0.15) is 0 Å². The van der Waals surface area contributed by atoms with Crippen LogP contribution in [0.25, 0.3) is 6.08 Å². The second kappa shape index (κ2) is 5.92. The summed E-state index contributed by atoms with van der Waals surface area (Å²) in [6.45, 7) is 6.97. The molecule has 2 atom stereocenters. The molecule has 0 saturated carbocycles. The number of carbonyl (C=O) groups is 1. The van der Waals surface area contributed by atoms with Gasteiger partial charge in [0.1, 0.15) is 5.75 Å². The number of hydrogen-bond acceptors (Lipinski definition) is 2. The molecule has 0 aliphatic carbocycles. The Balaban J connectivity index is 1.66. The molecular formula is C18H23NO2. The van der Waals surface area contributed by atoms with Crippen molar-refractivity contribution in [1.82, 2.24) is 4.90 Å². The van der Waals surface area contributed by atoms with Crippen LogP contribution >= 0.6 is 0 Å². The van der Waals surface area contributed by atoms with Gasteiger partial charge < -0.3 is 9.64 Å². The van der Waals surface area contributed by atoms with Crippen molar-refractivity contribution in [2.24, 2.45) is 11.8 Å². The fourth-order valence-electron chi connectivity index (χ4n) is 3.43. The second-order valence-electron chi connectivity index (χ2n) is 6.49. The van der Waals surface area contributed by atoms with E-state index in [1.165, 1.54) is 12.0 Å². The molecule has 21 heavy (non-hydrogen) atoms. The Morgan fingerprint density at radius 1 is 1.29 bits per heavy atom. The number of benzene rings is 1. The summed E-state index contributed by atoms with van der Waals surface area (Å²) in [6.07, 6.45) is 5.82. The van der Waals surface area contributed by atoms with Crippen LogP contribution in [0.1, 0.15) is 31.4 Å². The van der Waals surface area contributed by atoms with Crippen molar-refractivity contribution in [2.75, 3.05) is 19.7 Å². The van der Waals surface area contributed by atoms with Crippen LogP contribution in [0, 0.1) is 11.8 Å². The summed E-state index contributed by atoms with van der Waals surface area (Å²) in [5, 5.41) is 0. The molecule has 1 amide bonds. The van der Waals surface area contributed by atoms with Gasteiger partial charge in [0.2, 0.25) is 5.91 Å². The Hall–Kier alpha value is -1.77. The molecule has 2 aliphatic heterocycles. The molecule has 0 N–H and O–H groups in total. The van der Waals surface area contributed by atoms with E-state index in [2.05, 4.69) is 19.9 Å². The van der Waals surface area contributed by atoms with E-state index in [1.807, 2.05) is 23.1 Å². The van der Waals surface area contributed by atoms with Crippen molar-refractivity contribution >= 4 is 12.0 Å². The van der Waals surface area contributed by atoms with Crippen LogP contribution in [-0.4, -0.2) is 30.5 Å². The second-order valence-corrected chi connectivity index (χ2v) is 6.49. The summed E-state index contributed by atoms with van der Waals surface area (Å²) in [5.41, 5.74) is 2.32. The summed E-state index contributed by atoms with van der Waals surface area (Å²) in [5.74, 6) is 2.31. The quantitative estimate of drug-likeness (QED) is 0.781. The van der Waals surface area contributed by atoms with Crippen LogP contribution in [0.3, 0.4) is 0 Å². The van der Waals surface area contributed by atoms with Gasteiger partial charge in [0, 0.05) is 25.6 Å². The molecule has 2 aliphatic rings. The standard InChI is InChI=1S/C18H23NO2/c1-13-9-14(2)12-19(11-13)18(20)6-4-15-3-5-17-16(10-15)7-8-21-17/h3-6,10,13-14H,7-9,11-12H2,1-2H3/b6-4+/t13-,14+. The highest BCUT2D eigenvalue weighted by atomic mass is 16.5. The lowest BCUT2D eigenvalue weighted by molar-refractivity contribution is -0.128. The number of piperidine rings is 1. The average molecular weight is 285 g/mol. The number of nitrogens with zero attached hydrogens (tertiary/aromatic N) is 1. The molecule has 0 radical (unpaired) electrons. The lowest BCUT2D eigenvalue weighted by Crippen LogP contribution is -2.41. The molecule has 0 spiro atoms. The minimum absolute atomic E-state index is 0.130. The highest BCUT2D eigenvalue weighted by Crippen LogP contribution is 2.26. The first-order valence-electron chi connectivity index (χ1n) is 7.84. The van der Waals surface area contributed by atoms with Crippen LogP contribution in [0.15, 0.2) is 24.3 Å². The fourth-order valence-corrected chi connectivity index (χ4v) is 3.43. The summed E-state index contributed by atoms with van der Waals surface area (Å²) < 4.78 is 5.50. The van der Waals surface area contributed by atoms with Crippen molar-refractivity contribution < 1.29 is 9.53 Å². The first kappa shape index (κ1) is 14.2. The van der Waals surface area contributed by atoms with E-state index < -0.39 is 0 Å². The molecule has 0 bridgehead atoms. The molecular weight excluding hydrogens is 262 g/mol. The maximum atomic E-state index is 12.3. The number of fused-ring (bicyclic) bond motifs is 1. The zero-order valence-electron chi connectivity index (χ0n) is 12.8. The van der Waals surface area contributed by atoms with Gasteiger partial charge in [-0.3, -0.25) is 4.79 Å². The predicted octanol–water partition coefficient (Wildman–Crippen LogP) is 3.14. The largest absolute Gasteiger partial charge is 0.493 e. The van der Waals surface area contributed by atoms with Crippen LogP contribution in [-0.2, 0) is 11.2 Å². The smallest absolute Gasteiger partial charge is 0.246 e. The maximum Gasteiger partial charge on any atom is 0.246 e. The van der Waals surface area contributed by atoms with E-state index in [4.69, 9.17) is 4.74 Å². The number of amides is 1. The third kappa shape index (κ3) is 3.29. The molecule has 1 fully saturated rings. The van der Waals surface area contributed by atoms with E-state index in [0.29, 0.717) is 11.8 Å². The highest BCUT2D eigenvalue weighted by molar-refractivity contribution is 5.91. The first-order chi connectivity index (χ1) is 10.1. The monoisotopic (exact) mass is 285 g/mol. The van der Waals surface area contributed by atoms with Gasteiger partial charge >= 0.3 is 0 Å². The highest BCUT2D eigenvalue weighted by Gasteiger charge is 2.24. The SMILES string of the molecule is C[C@@H]1C[C@H](C)CN(C(=O)/C=C/c2ccc3c(c2)CCO3)C1. The van der Waals surface area contributed by atoms with Gasteiger partial charge in [0.15, 0.2) is 0 Å². The number of carbonyl (C=O) groups excluding carboxylic acids is 1. The van der Waals surface area contributed by atoms with Gasteiger partial charge in [-0.15, -0.1) is 0 Å². The van der Waals surface area contributed by atoms with Crippen LogP contribution in [0.2, 0.25) is 0 Å². The van der Waals surface area contributed by atoms with Gasteiger partial charge in [-0.25, -0.2) is 0 Å². The van der Waals surface area contributed by atoms with Crippen molar-refractivity contribution in [3.8, 4) is 5.75 Å². The minimum atomic E-state index is 0.130. The van der Waals surface area contributed by atoms with Gasteiger partial charge in [-0.05, 0) is 47.6 Å². The molecule has 2 heterocycles. The van der Waals surface area contributed by atoms with E-state index >= 15 is 0 Å². The maximum absolute atomic E-state index is 12.3. The Labute approximate surface area is 126 Å². The Morgan fingerprint density at radius 3 is 2.81 bits per heavy atom. The van der Waals surface area contributed by atoms with Crippen molar-refractivity contribution in [1.29, 1.82) is 0 Å². The molecule has 112 valence electrons. The fraction of sp³-hybridized carbons (Fsp3) is 0.500. The number of ether oxygens (including phenoxy) is 1. The normalized spacial score (nSPS) is 25.0. The van der Waals surface area contributed by atoms with E-state index in [1.54, 1.807) is 6.08 Å². The van der Waals surface area contributed by atoms with Crippen molar-refractivity contribution in [3.63, 3.8) is 0 Å². The Bertz CT molecular complexity index is 554. The summed E-state index contributed by atoms with van der Waals surface area (Å²) in [4.78, 5) is 14.3. The molecule has 0 unspecified atom stereocenters. The van der Waals surface area contributed by atoms with Crippen LogP contribution < -0.4 is 4.74 Å². The number of hydrogen-bond donors (Lipinski definition) is 0. The molecule has 1 aromatic rings. The Kier molecular flexibility index (Phi) is 4.00. The minimum Gasteiger partial charge on any atom is -0.493 e. The zero-order valence-corrected chi connectivity index (χ0v) is 12.8. The number of rotatable bonds is 2. The van der Waals surface area contributed by atoms with Crippen molar-refractivity contribution in [2.45, 2.75) is 26.7 Å². The topological polar surface area (TPSA) is 29.5 Å². The molecule has 1 aromatic carbocycles. The first-order valence-corrected chi connectivity index (χ1v) is 7.84. The molecule has 0 aromatic heterocycles. The van der Waals surface area contributed by atoms with Gasteiger partial charge in [-0.1, -0.05) is 19.9 Å².